The lowest BCUT2D eigenvalue weighted by molar-refractivity contribution is 0.0966. The number of amides is 1. The van der Waals surface area contributed by atoms with Gasteiger partial charge in [-0.25, -0.2) is 0 Å². The zero-order chi connectivity index (χ0) is 22.2. The van der Waals surface area contributed by atoms with Crippen LogP contribution in [0.15, 0.2) is 12.1 Å². The van der Waals surface area contributed by atoms with Crippen molar-refractivity contribution in [2.45, 2.75) is 46.7 Å². The summed E-state index contributed by atoms with van der Waals surface area (Å²) in [6, 6.07) is 4.21. The molecular weight excluding hydrogens is 392 g/mol. The van der Waals surface area contributed by atoms with E-state index >= 15 is 0 Å². The fourth-order valence-electron chi connectivity index (χ4n) is 4.05. The Morgan fingerprint density at radius 1 is 1.19 bits per heavy atom. The van der Waals surface area contributed by atoms with Gasteiger partial charge in [0.25, 0.3) is 5.91 Å². The summed E-state index contributed by atoms with van der Waals surface area (Å²) >= 11 is 0. The first-order valence-corrected chi connectivity index (χ1v) is 10.8. The van der Waals surface area contributed by atoms with Gasteiger partial charge in [-0.2, -0.15) is 15.0 Å². The van der Waals surface area contributed by atoms with Gasteiger partial charge in [0.1, 0.15) is 0 Å². The van der Waals surface area contributed by atoms with Crippen LogP contribution in [0.4, 0.5) is 23.5 Å². The molecule has 4 N–H and O–H groups in total. The Hall–Kier alpha value is -2.94. The lowest BCUT2D eigenvalue weighted by atomic mass is 9.96. The molecule has 1 saturated heterocycles. The minimum atomic E-state index is -0.0459. The predicted molar refractivity (Wildman–Crippen MR) is 123 cm³/mol. The minimum absolute atomic E-state index is 0.0459. The van der Waals surface area contributed by atoms with Crippen molar-refractivity contribution >= 4 is 29.4 Å². The van der Waals surface area contributed by atoms with Crippen molar-refractivity contribution in [3.05, 3.63) is 28.8 Å². The number of nitrogens with one attached hydrogen (secondary N) is 4. The fraction of sp³-hybridized carbons (Fsp3) is 0.545. The molecule has 0 saturated carbocycles. The molecule has 9 nitrogen and oxygen atoms in total. The zero-order valence-electron chi connectivity index (χ0n) is 19.0. The Labute approximate surface area is 183 Å². The molecule has 1 fully saturated rings. The molecule has 0 bridgehead atoms. The summed E-state index contributed by atoms with van der Waals surface area (Å²) < 4.78 is 0. The molecule has 31 heavy (non-hydrogen) atoms. The fourth-order valence-corrected chi connectivity index (χ4v) is 4.05. The van der Waals surface area contributed by atoms with Gasteiger partial charge in [0.05, 0.1) is 0 Å². The Balaban J connectivity index is 1.65. The molecule has 9 heteroatoms. The first-order chi connectivity index (χ1) is 14.7. The van der Waals surface area contributed by atoms with Crippen molar-refractivity contribution in [3.63, 3.8) is 0 Å². The van der Waals surface area contributed by atoms with Gasteiger partial charge >= 0.3 is 0 Å². The number of aromatic nitrogens is 3. The van der Waals surface area contributed by atoms with Crippen LogP contribution in [0.5, 0.6) is 0 Å². The van der Waals surface area contributed by atoms with Crippen molar-refractivity contribution in [2.75, 3.05) is 42.2 Å². The van der Waals surface area contributed by atoms with E-state index in [-0.39, 0.29) is 11.3 Å². The summed E-state index contributed by atoms with van der Waals surface area (Å²) in [5.41, 5.74) is 3.67. The maximum atomic E-state index is 12.1. The lowest BCUT2D eigenvalue weighted by Crippen LogP contribution is -2.31. The third-order valence-corrected chi connectivity index (χ3v) is 5.45. The van der Waals surface area contributed by atoms with E-state index in [9.17, 15) is 4.79 Å². The second-order valence-corrected chi connectivity index (χ2v) is 9.67. The smallest absolute Gasteiger partial charge is 0.251 e. The molecule has 2 aliphatic heterocycles. The largest absolute Gasteiger partial charge is 0.350 e. The van der Waals surface area contributed by atoms with E-state index in [4.69, 9.17) is 0 Å². The first kappa shape index (κ1) is 21.3. The van der Waals surface area contributed by atoms with Gasteiger partial charge in [0.2, 0.25) is 17.8 Å². The Kier molecular flexibility index (Phi) is 5.70. The summed E-state index contributed by atoms with van der Waals surface area (Å²) in [5, 5.41) is 13.0. The Morgan fingerprint density at radius 3 is 2.68 bits per heavy atom. The number of carbonyl (C=O) groups excluding carboxylic acids is 1. The van der Waals surface area contributed by atoms with Crippen LogP contribution in [0.25, 0.3) is 0 Å². The summed E-state index contributed by atoms with van der Waals surface area (Å²) in [6.07, 6.45) is 1.03. The summed E-state index contributed by atoms with van der Waals surface area (Å²) in [7, 11) is 2.00. The third kappa shape index (κ3) is 5.04. The molecule has 3 heterocycles. The van der Waals surface area contributed by atoms with Gasteiger partial charge in [0, 0.05) is 44.0 Å². The van der Waals surface area contributed by atoms with Crippen LogP contribution in [0.2, 0.25) is 0 Å². The molecule has 2 aliphatic rings. The molecule has 0 radical (unpaired) electrons. The molecule has 0 aliphatic carbocycles. The number of nitrogens with zero attached hydrogens (tertiary/aromatic N) is 4. The maximum Gasteiger partial charge on any atom is 0.251 e. The van der Waals surface area contributed by atoms with Crippen LogP contribution < -0.4 is 26.2 Å². The van der Waals surface area contributed by atoms with Crippen molar-refractivity contribution in [2.24, 2.45) is 5.41 Å². The summed E-state index contributed by atoms with van der Waals surface area (Å²) in [5.74, 6) is 1.58. The first-order valence-electron chi connectivity index (χ1n) is 10.8. The van der Waals surface area contributed by atoms with E-state index in [1.807, 2.05) is 31.0 Å². The highest BCUT2D eigenvalue weighted by Gasteiger charge is 2.22. The highest BCUT2D eigenvalue weighted by Crippen LogP contribution is 2.27. The third-order valence-electron chi connectivity index (χ3n) is 5.45. The van der Waals surface area contributed by atoms with E-state index in [2.05, 4.69) is 57.0 Å². The molecule has 1 atom stereocenters. The highest BCUT2D eigenvalue weighted by atomic mass is 16.1. The number of fused-ring (bicyclic) bond motifs is 1. The second-order valence-electron chi connectivity index (χ2n) is 9.67. The molecule has 2 aromatic rings. The number of rotatable bonds is 6. The molecule has 1 amide bonds. The van der Waals surface area contributed by atoms with Crippen LogP contribution in [-0.4, -0.2) is 53.6 Å². The molecule has 1 aromatic carbocycles. The van der Waals surface area contributed by atoms with Gasteiger partial charge in [-0.05, 0) is 42.5 Å². The molecule has 166 valence electrons. The molecule has 4 rings (SSSR count). The van der Waals surface area contributed by atoms with Crippen LogP contribution >= 0.6 is 0 Å². The number of hydrogen-bond acceptors (Lipinski definition) is 8. The lowest BCUT2D eigenvalue weighted by Gasteiger charge is -2.27. The number of anilines is 4. The zero-order valence-corrected chi connectivity index (χ0v) is 19.0. The van der Waals surface area contributed by atoms with Crippen molar-refractivity contribution in [1.29, 1.82) is 0 Å². The van der Waals surface area contributed by atoms with Crippen LogP contribution in [0.3, 0.4) is 0 Å². The standard InChI is InChI=1S/C22H32N8O/c1-13-8-14-10-24-18(31)16(14)9-17(13)26-20-27-19(25-15-6-7-23-11-15)28-21(29-20)30(5)12-22(2,3)4/h8-9,15,23H,6-7,10-12H2,1-5H3,(H,24,31)(H2,25,26,27,28,29)/t15-/m0/s1. The van der Waals surface area contributed by atoms with Crippen LogP contribution in [0.1, 0.15) is 48.7 Å². The quantitative estimate of drug-likeness (QED) is 0.560. The van der Waals surface area contributed by atoms with E-state index < -0.39 is 0 Å². The Bertz CT molecular complexity index is 978. The monoisotopic (exact) mass is 424 g/mol. The number of carbonyl (C=O) groups is 1. The number of hydrogen-bond donors (Lipinski definition) is 4. The van der Waals surface area contributed by atoms with E-state index in [1.165, 1.54) is 0 Å². The number of benzene rings is 1. The summed E-state index contributed by atoms with van der Waals surface area (Å²) in [6.45, 7) is 11.8. The maximum absolute atomic E-state index is 12.1. The predicted octanol–water partition coefficient (Wildman–Crippen LogP) is 2.42. The molecular formula is C22H32N8O. The SMILES string of the molecule is Cc1cc2c(cc1Nc1nc(N[C@H]3CCNC3)nc(N(C)CC(C)(C)C)n1)C(=O)NC2. The van der Waals surface area contributed by atoms with E-state index in [0.717, 1.165) is 42.9 Å². The van der Waals surface area contributed by atoms with Gasteiger partial charge in [0.15, 0.2) is 0 Å². The Morgan fingerprint density at radius 2 is 1.97 bits per heavy atom. The van der Waals surface area contributed by atoms with Crippen molar-refractivity contribution < 1.29 is 4.79 Å². The topological polar surface area (TPSA) is 107 Å². The molecule has 0 spiro atoms. The van der Waals surface area contributed by atoms with Gasteiger partial charge < -0.3 is 26.2 Å². The van der Waals surface area contributed by atoms with Gasteiger partial charge in [-0.3, -0.25) is 4.79 Å². The highest BCUT2D eigenvalue weighted by molar-refractivity contribution is 5.99. The summed E-state index contributed by atoms with van der Waals surface area (Å²) in [4.78, 5) is 28.1. The van der Waals surface area contributed by atoms with Crippen LogP contribution in [-0.2, 0) is 6.54 Å². The number of aryl methyl sites for hydroxylation is 1. The molecule has 1 aromatic heterocycles. The average Bonchev–Trinajstić information content (AvgIpc) is 3.31. The molecule has 0 unspecified atom stereocenters. The van der Waals surface area contributed by atoms with Crippen molar-refractivity contribution in [1.82, 2.24) is 25.6 Å². The van der Waals surface area contributed by atoms with E-state index in [0.29, 0.717) is 36.0 Å². The van der Waals surface area contributed by atoms with Gasteiger partial charge in [-0.1, -0.05) is 26.8 Å². The van der Waals surface area contributed by atoms with E-state index in [1.54, 1.807) is 0 Å². The second kappa shape index (κ2) is 8.30. The van der Waals surface area contributed by atoms with Crippen LogP contribution in [0, 0.1) is 12.3 Å². The van der Waals surface area contributed by atoms with Gasteiger partial charge in [-0.15, -0.1) is 0 Å². The van der Waals surface area contributed by atoms with Crippen molar-refractivity contribution in [3.8, 4) is 0 Å². The minimum Gasteiger partial charge on any atom is -0.350 e. The normalized spacial score (nSPS) is 18.0. The average molecular weight is 425 g/mol.